The first-order valence-corrected chi connectivity index (χ1v) is 3.36. The van der Waals surface area contributed by atoms with Gasteiger partial charge in [0.15, 0.2) is 0 Å². The molecular weight excluding hydrogens is 107 g/mol. The maximum absolute atomic E-state index is 10.9. The summed E-state index contributed by atoms with van der Waals surface area (Å²) in [5.74, 6) is 0. The minimum Gasteiger partial charge on any atom is -0.424 e. The van der Waals surface area contributed by atoms with Crippen molar-refractivity contribution in [3.05, 3.63) is 0 Å². The highest BCUT2D eigenvalue weighted by Crippen LogP contribution is 1.69. The van der Waals surface area contributed by atoms with Gasteiger partial charge in [-0.15, -0.1) is 0 Å². The quantitative estimate of drug-likeness (QED) is 0.313. The standard InChI is InChI=1S/FH5O2Si2/c1-5(2)3-4/h2,5H,4H3. The molecule has 0 aliphatic carbocycles. The molecule has 0 amide bonds. The van der Waals surface area contributed by atoms with Crippen molar-refractivity contribution in [1.82, 2.24) is 0 Å². The van der Waals surface area contributed by atoms with Crippen molar-refractivity contribution in [3.8, 4) is 0 Å². The largest absolute Gasteiger partial charge is 0.510 e. The SMILES string of the molecule is O[SiH](F)O[SiH3]. The van der Waals surface area contributed by atoms with Crippen molar-refractivity contribution in [3.63, 3.8) is 0 Å². The molecule has 0 saturated heterocycles. The third kappa shape index (κ3) is 4.28. The molecule has 0 radical (unpaired) electrons. The van der Waals surface area contributed by atoms with Crippen molar-refractivity contribution in [2.45, 2.75) is 0 Å². The fourth-order valence-electron chi connectivity index (χ4n) is 0. The number of hydrogen-bond donors (Lipinski definition) is 1. The van der Waals surface area contributed by atoms with E-state index >= 15 is 0 Å². The van der Waals surface area contributed by atoms with Crippen molar-refractivity contribution < 1.29 is 13.0 Å². The molecule has 0 bridgehead atoms. The van der Waals surface area contributed by atoms with Crippen molar-refractivity contribution >= 4 is 20.1 Å². The van der Waals surface area contributed by atoms with Crippen LogP contribution in [0.1, 0.15) is 0 Å². The van der Waals surface area contributed by atoms with Gasteiger partial charge in [-0.1, -0.05) is 0 Å². The Bertz CT molecular complexity index is 21.6. The molecule has 0 aromatic heterocycles. The highest BCUT2D eigenvalue weighted by molar-refractivity contribution is 6.39. The summed E-state index contributed by atoms with van der Waals surface area (Å²) in [5, 5.41) is 0. The predicted octanol–water partition coefficient (Wildman–Crippen LogP) is -2.04. The van der Waals surface area contributed by atoms with E-state index in [1.54, 1.807) is 0 Å². The van der Waals surface area contributed by atoms with Crippen LogP contribution in [-0.4, -0.2) is 24.9 Å². The summed E-state index contributed by atoms with van der Waals surface area (Å²) in [7, 11) is -2.78. The van der Waals surface area contributed by atoms with Crippen molar-refractivity contribution in [2.24, 2.45) is 0 Å². The monoisotopic (exact) mass is 112 g/mol. The van der Waals surface area contributed by atoms with Gasteiger partial charge >= 0.3 is 9.62 Å². The molecule has 0 spiro atoms. The van der Waals surface area contributed by atoms with E-state index in [-0.39, 0.29) is 0 Å². The van der Waals surface area contributed by atoms with Gasteiger partial charge in [0.1, 0.15) is 10.5 Å². The van der Waals surface area contributed by atoms with Gasteiger partial charge in [-0.3, -0.25) is 0 Å². The molecule has 0 saturated carbocycles. The smallest absolute Gasteiger partial charge is 0.424 e. The molecule has 0 heterocycles. The van der Waals surface area contributed by atoms with Crippen LogP contribution in [0.5, 0.6) is 0 Å². The Morgan fingerprint density at radius 1 is 2.00 bits per heavy atom. The van der Waals surface area contributed by atoms with Crippen LogP contribution < -0.4 is 0 Å². The molecule has 0 rings (SSSR count). The third-order valence-corrected chi connectivity index (χ3v) is 1.75. The van der Waals surface area contributed by atoms with Crippen LogP contribution in [0.3, 0.4) is 0 Å². The van der Waals surface area contributed by atoms with E-state index in [9.17, 15) is 4.11 Å². The molecule has 1 unspecified atom stereocenters. The Kier molecular flexibility index (Phi) is 2.66. The van der Waals surface area contributed by atoms with Gasteiger partial charge in [-0.2, -0.15) is 0 Å². The van der Waals surface area contributed by atoms with Crippen molar-refractivity contribution in [2.75, 3.05) is 0 Å². The first-order valence-electron chi connectivity index (χ1n) is 1.12. The summed E-state index contributed by atoms with van der Waals surface area (Å²) in [5.41, 5.74) is 0. The van der Waals surface area contributed by atoms with Gasteiger partial charge in [0.25, 0.3) is 0 Å². The Morgan fingerprint density at radius 3 is 2.20 bits per heavy atom. The predicted molar refractivity (Wildman–Crippen MR) is 21.5 cm³/mol. The minimum atomic E-state index is -3.09. The summed E-state index contributed by atoms with van der Waals surface area (Å²) >= 11 is 0. The maximum Gasteiger partial charge on any atom is 0.510 e. The van der Waals surface area contributed by atoms with E-state index in [4.69, 9.17) is 4.80 Å². The van der Waals surface area contributed by atoms with E-state index in [0.717, 1.165) is 0 Å². The second-order valence-electron chi connectivity index (χ2n) is 0.528. The lowest BCUT2D eigenvalue weighted by atomic mass is 15.8. The topological polar surface area (TPSA) is 29.5 Å². The second kappa shape index (κ2) is 2.52. The van der Waals surface area contributed by atoms with Gasteiger partial charge in [0.2, 0.25) is 0 Å². The van der Waals surface area contributed by atoms with E-state index in [0.29, 0.717) is 10.5 Å². The molecule has 0 aromatic carbocycles. The summed E-state index contributed by atoms with van der Waals surface area (Å²) in [4.78, 5) is 7.65. The fraction of sp³-hybridized carbons (Fsp3) is 0. The van der Waals surface area contributed by atoms with E-state index < -0.39 is 9.62 Å². The van der Waals surface area contributed by atoms with Crippen LogP contribution in [0.25, 0.3) is 0 Å². The minimum absolute atomic E-state index is 0.310. The van der Waals surface area contributed by atoms with Crippen LogP contribution in [0.15, 0.2) is 0 Å². The molecule has 0 aliphatic heterocycles. The summed E-state index contributed by atoms with van der Waals surface area (Å²) in [6.07, 6.45) is 0. The second-order valence-corrected chi connectivity index (χ2v) is 3.00. The van der Waals surface area contributed by atoms with Gasteiger partial charge in [0.05, 0.1) is 0 Å². The number of hydrogen-bond acceptors (Lipinski definition) is 2. The average molecular weight is 112 g/mol. The van der Waals surface area contributed by atoms with Crippen LogP contribution in [0.4, 0.5) is 4.11 Å². The highest BCUT2D eigenvalue weighted by Gasteiger charge is 1.95. The molecule has 1 atom stereocenters. The summed E-state index contributed by atoms with van der Waals surface area (Å²) < 4.78 is 14.9. The molecule has 5 heavy (non-hydrogen) atoms. The first kappa shape index (κ1) is 5.28. The summed E-state index contributed by atoms with van der Waals surface area (Å²) in [6, 6.07) is 0. The van der Waals surface area contributed by atoms with Crippen LogP contribution >= 0.6 is 0 Å². The Hall–Kier alpha value is 0.284. The molecular formula is H5FO2Si2. The van der Waals surface area contributed by atoms with Gasteiger partial charge in [0, 0.05) is 0 Å². The van der Waals surface area contributed by atoms with E-state index in [2.05, 4.69) is 4.12 Å². The summed E-state index contributed by atoms with van der Waals surface area (Å²) in [6.45, 7) is 0. The molecule has 0 aromatic rings. The van der Waals surface area contributed by atoms with Gasteiger partial charge in [-0.05, 0) is 0 Å². The number of rotatable bonds is 1. The Labute approximate surface area is 34.1 Å². The van der Waals surface area contributed by atoms with E-state index in [1.165, 1.54) is 0 Å². The van der Waals surface area contributed by atoms with Crippen LogP contribution in [0.2, 0.25) is 0 Å². The third-order valence-electron chi connectivity index (χ3n) is 0.194. The zero-order valence-corrected chi connectivity index (χ0v) is 5.97. The van der Waals surface area contributed by atoms with Crippen molar-refractivity contribution in [1.29, 1.82) is 0 Å². The molecule has 2 nitrogen and oxygen atoms in total. The lowest BCUT2D eigenvalue weighted by molar-refractivity contribution is 0.366. The molecule has 0 aliphatic rings. The highest BCUT2D eigenvalue weighted by atomic mass is 28.4. The zero-order chi connectivity index (χ0) is 4.28. The van der Waals surface area contributed by atoms with E-state index in [1.807, 2.05) is 0 Å². The molecule has 1 N–H and O–H groups in total. The molecule has 32 valence electrons. The fourth-order valence-corrected chi connectivity index (χ4v) is 0. The Balaban J connectivity index is 2.54. The molecule has 5 heteroatoms. The van der Waals surface area contributed by atoms with Gasteiger partial charge < -0.3 is 8.91 Å². The maximum atomic E-state index is 10.9. The normalized spacial score (nSPS) is 15.6. The van der Waals surface area contributed by atoms with Crippen LogP contribution in [0, 0.1) is 0 Å². The zero-order valence-electron chi connectivity index (χ0n) is 2.81. The first-order chi connectivity index (χ1) is 2.27. The Morgan fingerprint density at radius 2 is 2.20 bits per heavy atom. The van der Waals surface area contributed by atoms with Gasteiger partial charge in [-0.25, -0.2) is 4.11 Å². The molecule has 0 fully saturated rings. The lowest BCUT2D eigenvalue weighted by Crippen LogP contribution is -2.06. The van der Waals surface area contributed by atoms with Crippen LogP contribution in [-0.2, 0) is 4.12 Å². The lowest BCUT2D eigenvalue weighted by Gasteiger charge is -1.86. The number of halogens is 1. The average Bonchev–Trinajstić information content (AvgIpc) is 1.38.